The summed E-state index contributed by atoms with van der Waals surface area (Å²) in [6.07, 6.45) is 4.64. The molecule has 2 N–H and O–H groups in total. The van der Waals surface area contributed by atoms with Gasteiger partial charge in [0.2, 0.25) is 5.91 Å². The first-order chi connectivity index (χ1) is 12.5. The van der Waals surface area contributed by atoms with Crippen molar-refractivity contribution in [2.45, 2.75) is 46.1 Å². The molecular weight excluding hydrogens is 324 g/mol. The number of amides is 2. The van der Waals surface area contributed by atoms with Gasteiger partial charge < -0.3 is 10.6 Å². The molecule has 2 aromatic rings. The predicted octanol–water partition coefficient (Wildman–Crippen LogP) is 4.09. The maximum atomic E-state index is 12.4. The molecule has 4 nitrogen and oxygen atoms in total. The molecule has 0 heterocycles. The van der Waals surface area contributed by atoms with Crippen molar-refractivity contribution < 1.29 is 9.59 Å². The van der Waals surface area contributed by atoms with Gasteiger partial charge in [-0.1, -0.05) is 32.0 Å². The van der Waals surface area contributed by atoms with E-state index in [0.29, 0.717) is 6.54 Å². The summed E-state index contributed by atoms with van der Waals surface area (Å²) in [5.41, 5.74) is 5.19. The molecule has 0 unspecified atom stereocenters. The molecular formula is C22H26N2O2. The second-order valence-corrected chi connectivity index (χ2v) is 7.21. The molecule has 136 valence electrons. The third-order valence-corrected chi connectivity index (χ3v) is 4.81. The Balaban J connectivity index is 1.57. The smallest absolute Gasteiger partial charge is 0.251 e. The van der Waals surface area contributed by atoms with Crippen LogP contribution in [0.15, 0.2) is 42.5 Å². The number of hydrogen-bond donors (Lipinski definition) is 2. The summed E-state index contributed by atoms with van der Waals surface area (Å²) in [7, 11) is 0. The molecule has 1 aliphatic carbocycles. The first-order valence-electron chi connectivity index (χ1n) is 9.33. The average molecular weight is 350 g/mol. The summed E-state index contributed by atoms with van der Waals surface area (Å²) in [6, 6.07) is 13.6. The van der Waals surface area contributed by atoms with Crippen molar-refractivity contribution in [2.75, 3.05) is 5.32 Å². The molecule has 0 spiro atoms. The molecule has 3 rings (SSSR count). The van der Waals surface area contributed by atoms with E-state index >= 15 is 0 Å². The Hall–Kier alpha value is -2.62. The number of carbonyl (C=O) groups is 2. The maximum Gasteiger partial charge on any atom is 0.251 e. The lowest BCUT2D eigenvalue weighted by atomic mass is 9.90. The van der Waals surface area contributed by atoms with Crippen LogP contribution in [0.2, 0.25) is 0 Å². The highest BCUT2D eigenvalue weighted by Gasteiger charge is 2.13. The van der Waals surface area contributed by atoms with Gasteiger partial charge in [0.1, 0.15) is 0 Å². The molecule has 0 saturated heterocycles. The van der Waals surface area contributed by atoms with Crippen LogP contribution in [0.3, 0.4) is 0 Å². The number of aryl methyl sites for hydroxylation is 2. The van der Waals surface area contributed by atoms with Gasteiger partial charge in [0, 0.05) is 23.7 Å². The monoisotopic (exact) mass is 350 g/mol. The lowest BCUT2D eigenvalue weighted by Gasteiger charge is -2.16. The summed E-state index contributed by atoms with van der Waals surface area (Å²) >= 11 is 0. The summed E-state index contributed by atoms with van der Waals surface area (Å²) in [5, 5.41) is 5.84. The number of nitrogens with one attached hydrogen (secondary N) is 2. The Kier molecular flexibility index (Phi) is 5.71. The first-order valence-corrected chi connectivity index (χ1v) is 9.33. The highest BCUT2D eigenvalue weighted by atomic mass is 16.2. The Morgan fingerprint density at radius 3 is 2.35 bits per heavy atom. The van der Waals surface area contributed by atoms with Crippen LogP contribution < -0.4 is 10.6 Å². The van der Waals surface area contributed by atoms with Gasteiger partial charge in [-0.2, -0.15) is 0 Å². The third-order valence-electron chi connectivity index (χ3n) is 4.81. The quantitative estimate of drug-likeness (QED) is 0.853. The van der Waals surface area contributed by atoms with E-state index in [-0.39, 0.29) is 17.7 Å². The maximum absolute atomic E-state index is 12.4. The van der Waals surface area contributed by atoms with E-state index < -0.39 is 0 Å². The van der Waals surface area contributed by atoms with E-state index in [1.807, 2.05) is 50.2 Å². The van der Waals surface area contributed by atoms with Crippen LogP contribution in [-0.2, 0) is 24.2 Å². The topological polar surface area (TPSA) is 58.2 Å². The number of benzene rings is 2. The Bertz CT molecular complexity index is 794. The molecule has 0 radical (unpaired) electrons. The minimum Gasteiger partial charge on any atom is -0.348 e. The van der Waals surface area contributed by atoms with Crippen LogP contribution >= 0.6 is 0 Å². The van der Waals surface area contributed by atoms with Gasteiger partial charge in [-0.15, -0.1) is 0 Å². The minimum atomic E-state index is -0.0504. The fourth-order valence-electron chi connectivity index (χ4n) is 3.15. The highest BCUT2D eigenvalue weighted by Crippen LogP contribution is 2.22. The lowest BCUT2D eigenvalue weighted by Crippen LogP contribution is -2.23. The molecule has 1 aliphatic rings. The molecule has 0 bridgehead atoms. The van der Waals surface area contributed by atoms with E-state index in [1.54, 1.807) is 0 Å². The van der Waals surface area contributed by atoms with Crippen molar-refractivity contribution in [1.29, 1.82) is 0 Å². The molecule has 0 saturated carbocycles. The summed E-state index contributed by atoms with van der Waals surface area (Å²) in [4.78, 5) is 24.1. The zero-order valence-corrected chi connectivity index (χ0v) is 15.5. The molecule has 0 fully saturated rings. The van der Waals surface area contributed by atoms with Crippen LogP contribution in [0.25, 0.3) is 0 Å². The molecule has 0 aliphatic heterocycles. The molecule has 2 amide bonds. The van der Waals surface area contributed by atoms with Crippen molar-refractivity contribution in [2.24, 2.45) is 5.92 Å². The largest absolute Gasteiger partial charge is 0.348 e. The molecule has 4 heteroatoms. The van der Waals surface area contributed by atoms with E-state index in [2.05, 4.69) is 16.7 Å². The summed E-state index contributed by atoms with van der Waals surface area (Å²) in [5.74, 6) is -0.0976. The van der Waals surface area contributed by atoms with Crippen molar-refractivity contribution in [1.82, 2.24) is 5.32 Å². The van der Waals surface area contributed by atoms with Crippen LogP contribution in [0.5, 0.6) is 0 Å². The fourth-order valence-corrected chi connectivity index (χ4v) is 3.15. The molecule has 2 aromatic carbocycles. The van der Waals surface area contributed by atoms with Crippen molar-refractivity contribution in [3.05, 3.63) is 64.7 Å². The van der Waals surface area contributed by atoms with E-state index in [9.17, 15) is 9.59 Å². The number of fused-ring (bicyclic) bond motifs is 1. The average Bonchev–Trinajstić information content (AvgIpc) is 2.66. The number of carbonyl (C=O) groups excluding carboxylic acids is 2. The van der Waals surface area contributed by atoms with E-state index in [1.165, 1.54) is 24.0 Å². The van der Waals surface area contributed by atoms with Gasteiger partial charge in [-0.3, -0.25) is 9.59 Å². The van der Waals surface area contributed by atoms with Crippen LogP contribution in [-0.4, -0.2) is 11.8 Å². The molecule has 26 heavy (non-hydrogen) atoms. The first kappa shape index (κ1) is 18.2. The summed E-state index contributed by atoms with van der Waals surface area (Å²) in [6.45, 7) is 4.19. The fraction of sp³-hybridized carbons (Fsp3) is 0.364. The minimum absolute atomic E-state index is 0.00142. The van der Waals surface area contributed by atoms with E-state index in [0.717, 1.165) is 29.7 Å². The molecule has 0 atom stereocenters. The highest BCUT2D eigenvalue weighted by molar-refractivity contribution is 5.94. The Labute approximate surface area is 155 Å². The standard InChI is InChI=1S/C22H26N2O2/c1-15(2)21(25)24-20-11-7-16(8-12-20)14-23-22(26)19-10-9-17-5-3-4-6-18(17)13-19/h7-13,15H,3-6,14H2,1-2H3,(H,23,26)(H,24,25). The van der Waals surface area contributed by atoms with Gasteiger partial charge in [-0.05, 0) is 66.6 Å². The van der Waals surface area contributed by atoms with Gasteiger partial charge in [-0.25, -0.2) is 0 Å². The van der Waals surface area contributed by atoms with Crippen LogP contribution in [0, 0.1) is 5.92 Å². The van der Waals surface area contributed by atoms with Crippen molar-refractivity contribution in [3.63, 3.8) is 0 Å². The van der Waals surface area contributed by atoms with Crippen LogP contribution in [0.4, 0.5) is 5.69 Å². The Morgan fingerprint density at radius 1 is 0.962 bits per heavy atom. The number of anilines is 1. The van der Waals surface area contributed by atoms with Crippen molar-refractivity contribution >= 4 is 17.5 Å². The van der Waals surface area contributed by atoms with Gasteiger partial charge in [0.25, 0.3) is 5.91 Å². The predicted molar refractivity (Wildman–Crippen MR) is 104 cm³/mol. The molecule has 0 aromatic heterocycles. The second kappa shape index (κ2) is 8.17. The number of rotatable bonds is 5. The SMILES string of the molecule is CC(C)C(=O)Nc1ccc(CNC(=O)c2ccc3c(c2)CCCC3)cc1. The lowest BCUT2D eigenvalue weighted by molar-refractivity contribution is -0.118. The van der Waals surface area contributed by atoms with Gasteiger partial charge >= 0.3 is 0 Å². The third kappa shape index (κ3) is 4.51. The number of hydrogen-bond acceptors (Lipinski definition) is 2. The zero-order valence-electron chi connectivity index (χ0n) is 15.5. The van der Waals surface area contributed by atoms with E-state index in [4.69, 9.17) is 0 Å². The normalized spacial score (nSPS) is 13.2. The Morgan fingerprint density at radius 2 is 1.65 bits per heavy atom. The second-order valence-electron chi connectivity index (χ2n) is 7.21. The van der Waals surface area contributed by atoms with Crippen LogP contribution in [0.1, 0.15) is 53.7 Å². The van der Waals surface area contributed by atoms with Gasteiger partial charge in [0.15, 0.2) is 0 Å². The summed E-state index contributed by atoms with van der Waals surface area (Å²) < 4.78 is 0. The zero-order chi connectivity index (χ0) is 18.5. The van der Waals surface area contributed by atoms with Crippen molar-refractivity contribution in [3.8, 4) is 0 Å². The van der Waals surface area contributed by atoms with Gasteiger partial charge in [0.05, 0.1) is 0 Å².